The van der Waals surface area contributed by atoms with Crippen molar-refractivity contribution in [3.63, 3.8) is 0 Å². The number of hydrogen-bond acceptors (Lipinski definition) is 3. The summed E-state index contributed by atoms with van der Waals surface area (Å²) in [5.74, 6) is -0.938. The predicted molar refractivity (Wildman–Crippen MR) is 48.8 cm³/mol. The van der Waals surface area contributed by atoms with Gasteiger partial charge >= 0.3 is 11.9 Å². The van der Waals surface area contributed by atoms with E-state index in [2.05, 4.69) is 0 Å². The van der Waals surface area contributed by atoms with Gasteiger partial charge in [-0.05, 0) is 23.8 Å². The maximum atomic E-state index is 10.7. The predicted octanol–water partition coefficient (Wildman–Crippen LogP) is 0.915. The number of carboxylic acid groups (broad SMARTS) is 2. The van der Waals surface area contributed by atoms with Crippen LogP contribution in [0, 0.1) is 11.8 Å². The Morgan fingerprint density at radius 1 is 1.38 bits per heavy atom. The summed E-state index contributed by atoms with van der Waals surface area (Å²) in [5, 5.41) is 17.4. The smallest absolute Gasteiger partial charge is 0.306 e. The molecular formula is C8H12O4S. The summed E-state index contributed by atoms with van der Waals surface area (Å²) < 4.78 is 0. The first-order chi connectivity index (χ1) is 6.11. The first-order valence-corrected chi connectivity index (χ1v) is 5.29. The highest BCUT2D eigenvalue weighted by Gasteiger charge is 2.32. The molecule has 1 aliphatic rings. The van der Waals surface area contributed by atoms with E-state index in [0.29, 0.717) is 12.2 Å². The first kappa shape index (κ1) is 10.4. The second kappa shape index (κ2) is 4.50. The van der Waals surface area contributed by atoms with Gasteiger partial charge in [-0.1, -0.05) is 0 Å². The van der Waals surface area contributed by atoms with Gasteiger partial charge in [0, 0.05) is 6.42 Å². The molecule has 1 heterocycles. The molecule has 1 aliphatic heterocycles. The lowest BCUT2D eigenvalue weighted by molar-refractivity contribution is -0.145. The van der Waals surface area contributed by atoms with Gasteiger partial charge in [0.2, 0.25) is 0 Å². The van der Waals surface area contributed by atoms with Crippen molar-refractivity contribution in [1.82, 2.24) is 0 Å². The lowest BCUT2D eigenvalue weighted by atomic mass is 9.88. The molecular weight excluding hydrogens is 192 g/mol. The summed E-state index contributed by atoms with van der Waals surface area (Å²) in [7, 11) is 0. The van der Waals surface area contributed by atoms with E-state index in [1.807, 2.05) is 0 Å². The molecule has 0 aromatic heterocycles. The van der Waals surface area contributed by atoms with Gasteiger partial charge in [0.05, 0.1) is 5.92 Å². The van der Waals surface area contributed by atoms with Crippen LogP contribution in [-0.2, 0) is 9.59 Å². The Bertz CT molecular complexity index is 216. The van der Waals surface area contributed by atoms with Crippen LogP contribution in [-0.4, -0.2) is 33.7 Å². The van der Waals surface area contributed by atoms with E-state index in [1.165, 1.54) is 0 Å². The van der Waals surface area contributed by atoms with E-state index in [4.69, 9.17) is 10.2 Å². The van der Waals surface area contributed by atoms with Gasteiger partial charge in [-0.2, -0.15) is 11.8 Å². The Morgan fingerprint density at radius 2 is 2.08 bits per heavy atom. The van der Waals surface area contributed by atoms with Crippen LogP contribution >= 0.6 is 11.8 Å². The number of carbonyl (C=O) groups is 2. The third-order valence-corrected chi connectivity index (χ3v) is 3.42. The Balaban J connectivity index is 2.56. The first-order valence-electron chi connectivity index (χ1n) is 4.13. The highest BCUT2D eigenvalue weighted by molar-refractivity contribution is 7.99. The molecule has 1 saturated heterocycles. The van der Waals surface area contributed by atoms with Gasteiger partial charge in [0.25, 0.3) is 0 Å². The van der Waals surface area contributed by atoms with Gasteiger partial charge in [-0.25, -0.2) is 0 Å². The average molecular weight is 204 g/mol. The standard InChI is InChI=1S/C8H12O4S/c9-7(10)3-5-4-13-2-1-6(5)8(11)12/h5-6H,1-4H2,(H,9,10)(H,11,12)/t5-,6+/m0/s1. The maximum absolute atomic E-state index is 10.7. The van der Waals surface area contributed by atoms with E-state index in [9.17, 15) is 9.59 Å². The van der Waals surface area contributed by atoms with Crippen molar-refractivity contribution in [3.05, 3.63) is 0 Å². The third-order valence-electron chi connectivity index (χ3n) is 2.23. The van der Waals surface area contributed by atoms with Crippen LogP contribution in [0.1, 0.15) is 12.8 Å². The Labute approximate surface area is 80.3 Å². The molecule has 0 amide bonds. The average Bonchev–Trinajstić information content (AvgIpc) is 2.03. The minimum atomic E-state index is -0.904. The Kier molecular flexibility index (Phi) is 3.59. The molecule has 0 radical (unpaired) electrons. The van der Waals surface area contributed by atoms with Crippen molar-refractivity contribution in [1.29, 1.82) is 0 Å². The lowest BCUT2D eigenvalue weighted by Crippen LogP contribution is -2.31. The lowest BCUT2D eigenvalue weighted by Gasteiger charge is -2.26. The summed E-state index contributed by atoms with van der Waals surface area (Å²) >= 11 is 1.64. The van der Waals surface area contributed by atoms with Crippen LogP contribution in [0.25, 0.3) is 0 Å². The zero-order valence-electron chi connectivity index (χ0n) is 7.10. The highest BCUT2D eigenvalue weighted by atomic mass is 32.2. The van der Waals surface area contributed by atoms with Crippen LogP contribution in [0.5, 0.6) is 0 Å². The number of carboxylic acids is 2. The highest BCUT2D eigenvalue weighted by Crippen LogP contribution is 2.31. The fourth-order valence-electron chi connectivity index (χ4n) is 1.55. The topological polar surface area (TPSA) is 74.6 Å². The molecule has 0 spiro atoms. The SMILES string of the molecule is O=C(O)C[C@H]1CSCC[C@H]1C(=O)O. The van der Waals surface area contributed by atoms with Crippen molar-refractivity contribution in [2.75, 3.05) is 11.5 Å². The monoisotopic (exact) mass is 204 g/mol. The number of hydrogen-bond donors (Lipinski definition) is 2. The molecule has 0 aliphatic carbocycles. The van der Waals surface area contributed by atoms with Crippen LogP contribution in [0.3, 0.4) is 0 Å². The van der Waals surface area contributed by atoms with Gasteiger partial charge in [0.1, 0.15) is 0 Å². The minimum Gasteiger partial charge on any atom is -0.481 e. The summed E-state index contributed by atoms with van der Waals surface area (Å²) in [6, 6.07) is 0. The molecule has 74 valence electrons. The second-order valence-electron chi connectivity index (χ2n) is 3.17. The normalized spacial score (nSPS) is 28.3. The van der Waals surface area contributed by atoms with E-state index in [0.717, 1.165) is 5.75 Å². The van der Waals surface area contributed by atoms with E-state index in [-0.39, 0.29) is 12.3 Å². The van der Waals surface area contributed by atoms with Crippen LogP contribution in [0.2, 0.25) is 0 Å². The molecule has 0 aromatic rings. The van der Waals surface area contributed by atoms with Crippen molar-refractivity contribution < 1.29 is 19.8 Å². The molecule has 0 saturated carbocycles. The fourth-order valence-corrected chi connectivity index (χ4v) is 2.79. The summed E-state index contributed by atoms with van der Waals surface area (Å²) in [4.78, 5) is 21.2. The van der Waals surface area contributed by atoms with Crippen LogP contribution in [0.15, 0.2) is 0 Å². The Morgan fingerprint density at radius 3 is 2.62 bits per heavy atom. The van der Waals surface area contributed by atoms with E-state index < -0.39 is 17.9 Å². The van der Waals surface area contributed by atoms with Gasteiger partial charge < -0.3 is 10.2 Å². The molecule has 0 bridgehead atoms. The zero-order chi connectivity index (χ0) is 9.84. The molecule has 4 nitrogen and oxygen atoms in total. The van der Waals surface area contributed by atoms with Crippen LogP contribution < -0.4 is 0 Å². The number of thioether (sulfide) groups is 1. The molecule has 2 N–H and O–H groups in total. The van der Waals surface area contributed by atoms with Crippen molar-refractivity contribution in [2.45, 2.75) is 12.8 Å². The summed E-state index contributed by atoms with van der Waals surface area (Å²) in [6.07, 6.45) is 0.571. The van der Waals surface area contributed by atoms with Crippen molar-refractivity contribution in [3.8, 4) is 0 Å². The molecule has 13 heavy (non-hydrogen) atoms. The second-order valence-corrected chi connectivity index (χ2v) is 4.32. The van der Waals surface area contributed by atoms with E-state index in [1.54, 1.807) is 11.8 Å². The quantitative estimate of drug-likeness (QED) is 0.714. The summed E-state index contributed by atoms with van der Waals surface area (Å²) in [5.41, 5.74) is 0. The Hall–Kier alpha value is -0.710. The minimum absolute atomic E-state index is 0.0238. The van der Waals surface area contributed by atoms with Gasteiger partial charge in [0.15, 0.2) is 0 Å². The largest absolute Gasteiger partial charge is 0.481 e. The molecule has 0 unspecified atom stereocenters. The molecule has 2 atom stereocenters. The van der Waals surface area contributed by atoms with Crippen molar-refractivity contribution in [2.24, 2.45) is 11.8 Å². The molecule has 1 fully saturated rings. The van der Waals surface area contributed by atoms with Gasteiger partial charge in [-0.3, -0.25) is 9.59 Å². The third kappa shape index (κ3) is 2.91. The van der Waals surface area contributed by atoms with Crippen molar-refractivity contribution >= 4 is 23.7 Å². The molecule has 0 aromatic carbocycles. The molecule has 1 rings (SSSR count). The summed E-state index contributed by atoms with van der Waals surface area (Å²) in [6.45, 7) is 0. The van der Waals surface area contributed by atoms with E-state index >= 15 is 0 Å². The zero-order valence-corrected chi connectivity index (χ0v) is 7.92. The maximum Gasteiger partial charge on any atom is 0.306 e. The number of rotatable bonds is 3. The number of aliphatic carboxylic acids is 2. The molecule has 5 heteroatoms. The van der Waals surface area contributed by atoms with Crippen LogP contribution in [0.4, 0.5) is 0 Å². The fraction of sp³-hybridized carbons (Fsp3) is 0.750. The van der Waals surface area contributed by atoms with Gasteiger partial charge in [-0.15, -0.1) is 0 Å².